The zero-order chi connectivity index (χ0) is 11.9. The third-order valence-electron chi connectivity index (χ3n) is 3.64. The monoisotopic (exact) mass is 235 g/mol. The van der Waals surface area contributed by atoms with Crippen molar-refractivity contribution >= 4 is 5.57 Å². The van der Waals surface area contributed by atoms with Crippen LogP contribution in [0.15, 0.2) is 71.2 Å². The molecule has 1 aromatic carbocycles. The van der Waals surface area contributed by atoms with Gasteiger partial charge in [-0.05, 0) is 28.4 Å². The van der Waals surface area contributed by atoms with Crippen molar-refractivity contribution in [2.24, 2.45) is 0 Å². The Morgan fingerprint density at radius 2 is 1.94 bits per heavy atom. The molecule has 0 bridgehead atoms. The molecule has 0 unspecified atom stereocenters. The second-order valence-corrected chi connectivity index (χ2v) is 4.68. The maximum atomic E-state index is 5.54. The molecular formula is C16H13NO. The Labute approximate surface area is 106 Å². The second-order valence-electron chi connectivity index (χ2n) is 4.68. The summed E-state index contributed by atoms with van der Waals surface area (Å²) in [5, 5.41) is 3.29. The van der Waals surface area contributed by atoms with E-state index in [1.807, 2.05) is 0 Å². The molecular weight excluding hydrogens is 222 g/mol. The summed E-state index contributed by atoms with van der Waals surface area (Å²) in [5.41, 5.74) is 6.53. The lowest BCUT2D eigenvalue weighted by molar-refractivity contribution is 0.244. The van der Waals surface area contributed by atoms with Gasteiger partial charge in [0.25, 0.3) is 0 Å². The van der Waals surface area contributed by atoms with Gasteiger partial charge in [0.2, 0.25) is 0 Å². The Morgan fingerprint density at radius 3 is 2.83 bits per heavy atom. The number of allylic oxidation sites excluding steroid dienone is 6. The summed E-state index contributed by atoms with van der Waals surface area (Å²) in [4.78, 5) is 0. The average Bonchev–Trinajstić information content (AvgIpc) is 3.02. The minimum Gasteiger partial charge on any atom is -0.471 e. The van der Waals surface area contributed by atoms with Crippen molar-refractivity contribution in [3.05, 3.63) is 76.7 Å². The number of hydrogen-bond donors (Lipinski definition) is 1. The van der Waals surface area contributed by atoms with Crippen molar-refractivity contribution < 1.29 is 4.74 Å². The number of rotatable bonds is 1. The van der Waals surface area contributed by atoms with Crippen molar-refractivity contribution in [1.29, 1.82) is 0 Å². The molecule has 0 aromatic heterocycles. The molecule has 1 N–H and O–H groups in total. The van der Waals surface area contributed by atoms with E-state index in [9.17, 15) is 0 Å². The van der Waals surface area contributed by atoms with Gasteiger partial charge in [0.1, 0.15) is 5.76 Å². The van der Waals surface area contributed by atoms with Crippen molar-refractivity contribution in [2.45, 2.75) is 6.42 Å². The quantitative estimate of drug-likeness (QED) is 0.807. The molecule has 0 radical (unpaired) electrons. The van der Waals surface area contributed by atoms with E-state index in [1.54, 1.807) is 0 Å². The second kappa shape index (κ2) is 3.64. The van der Waals surface area contributed by atoms with Crippen LogP contribution >= 0.6 is 0 Å². The highest BCUT2D eigenvalue weighted by Gasteiger charge is 2.26. The molecule has 2 nitrogen and oxygen atoms in total. The summed E-state index contributed by atoms with van der Waals surface area (Å²) in [6.07, 6.45) is 7.47. The van der Waals surface area contributed by atoms with Gasteiger partial charge in [-0.15, -0.1) is 0 Å². The Morgan fingerprint density at radius 1 is 1.06 bits per heavy atom. The molecule has 0 spiro atoms. The van der Waals surface area contributed by atoms with Crippen LogP contribution in [0.4, 0.5) is 0 Å². The van der Waals surface area contributed by atoms with Crippen LogP contribution in [0.3, 0.4) is 0 Å². The van der Waals surface area contributed by atoms with Crippen LogP contribution in [0, 0.1) is 0 Å². The van der Waals surface area contributed by atoms with Crippen molar-refractivity contribution in [2.75, 3.05) is 6.73 Å². The molecule has 2 heteroatoms. The van der Waals surface area contributed by atoms with Gasteiger partial charge in [-0.3, -0.25) is 0 Å². The predicted octanol–water partition coefficient (Wildman–Crippen LogP) is 3.13. The molecule has 0 saturated heterocycles. The normalized spacial score (nSPS) is 20.3. The molecule has 0 amide bonds. The Bertz CT molecular complexity index is 632. The molecule has 1 heterocycles. The van der Waals surface area contributed by atoms with Gasteiger partial charge in [0.05, 0.1) is 5.70 Å². The van der Waals surface area contributed by atoms with Gasteiger partial charge < -0.3 is 10.1 Å². The molecule has 1 aromatic rings. The van der Waals surface area contributed by atoms with Gasteiger partial charge in [0, 0.05) is 6.42 Å². The van der Waals surface area contributed by atoms with Crippen LogP contribution in [-0.2, 0) is 4.74 Å². The maximum absolute atomic E-state index is 5.54. The molecule has 0 atom stereocenters. The molecule has 0 fully saturated rings. The molecule has 88 valence electrons. The number of fused-ring (bicyclic) bond motifs is 1. The summed E-state index contributed by atoms with van der Waals surface area (Å²) < 4.78 is 5.54. The number of ether oxygens (including phenoxy) is 1. The first kappa shape index (κ1) is 9.77. The first-order chi connectivity index (χ1) is 8.92. The number of benzene rings is 1. The third-order valence-corrected chi connectivity index (χ3v) is 3.64. The fourth-order valence-corrected chi connectivity index (χ4v) is 2.72. The largest absolute Gasteiger partial charge is 0.471 e. The van der Waals surface area contributed by atoms with E-state index < -0.39 is 0 Å². The summed E-state index contributed by atoms with van der Waals surface area (Å²) in [6.45, 7) is 0.603. The van der Waals surface area contributed by atoms with Crippen LogP contribution in [-0.4, -0.2) is 6.73 Å². The minimum absolute atomic E-state index is 0.603. The number of nitrogens with one attached hydrogen (secondary N) is 1. The lowest BCUT2D eigenvalue weighted by Gasteiger charge is -2.15. The predicted molar refractivity (Wildman–Crippen MR) is 71.3 cm³/mol. The van der Waals surface area contributed by atoms with Crippen LogP contribution in [0.2, 0.25) is 0 Å². The third kappa shape index (κ3) is 1.35. The van der Waals surface area contributed by atoms with Crippen LogP contribution in [0.25, 0.3) is 5.57 Å². The lowest BCUT2D eigenvalue weighted by atomic mass is 9.93. The van der Waals surface area contributed by atoms with Crippen molar-refractivity contribution in [3.63, 3.8) is 0 Å². The summed E-state index contributed by atoms with van der Waals surface area (Å²) in [6, 6.07) is 10.6. The molecule has 1 aliphatic heterocycles. The van der Waals surface area contributed by atoms with Crippen LogP contribution in [0.5, 0.6) is 0 Å². The molecule has 4 rings (SSSR count). The fourth-order valence-electron chi connectivity index (χ4n) is 2.72. The van der Waals surface area contributed by atoms with Gasteiger partial charge in [-0.25, -0.2) is 0 Å². The standard InChI is InChI=1S/C16H13NO/c1-2-4-11(5-3-1)13-7-6-12-8-16-15(9-14(12)13)17-10-18-16/h1-8,17H,9-10H2. The number of hydrogen-bond acceptors (Lipinski definition) is 2. The van der Waals surface area contributed by atoms with Gasteiger partial charge in [-0.2, -0.15) is 0 Å². The molecule has 2 aliphatic carbocycles. The van der Waals surface area contributed by atoms with E-state index in [0.717, 1.165) is 12.2 Å². The zero-order valence-electron chi connectivity index (χ0n) is 9.94. The summed E-state index contributed by atoms with van der Waals surface area (Å²) in [5.74, 6) is 1.01. The average molecular weight is 235 g/mol. The summed E-state index contributed by atoms with van der Waals surface area (Å²) >= 11 is 0. The Balaban J connectivity index is 1.82. The lowest BCUT2D eigenvalue weighted by Crippen LogP contribution is -2.10. The van der Waals surface area contributed by atoms with E-state index in [1.165, 1.54) is 28.0 Å². The fraction of sp³-hybridized carbons (Fsp3) is 0.125. The topological polar surface area (TPSA) is 21.3 Å². The first-order valence-electron chi connectivity index (χ1n) is 6.20. The highest BCUT2D eigenvalue weighted by molar-refractivity contribution is 5.86. The maximum Gasteiger partial charge on any atom is 0.159 e. The zero-order valence-corrected chi connectivity index (χ0v) is 9.94. The van der Waals surface area contributed by atoms with Gasteiger partial charge >= 0.3 is 0 Å². The van der Waals surface area contributed by atoms with Crippen molar-refractivity contribution in [3.8, 4) is 0 Å². The van der Waals surface area contributed by atoms with E-state index in [0.29, 0.717) is 6.73 Å². The van der Waals surface area contributed by atoms with Crippen molar-refractivity contribution in [1.82, 2.24) is 5.32 Å². The Hall–Kier alpha value is -2.22. The smallest absolute Gasteiger partial charge is 0.159 e. The highest BCUT2D eigenvalue weighted by atomic mass is 16.5. The van der Waals surface area contributed by atoms with Crippen LogP contribution in [0.1, 0.15) is 12.0 Å². The van der Waals surface area contributed by atoms with Gasteiger partial charge in [0.15, 0.2) is 6.73 Å². The SMILES string of the molecule is C1=CC(c2ccccc2)=C2CC3=C(C=C12)OCN3. The first-order valence-corrected chi connectivity index (χ1v) is 6.20. The summed E-state index contributed by atoms with van der Waals surface area (Å²) in [7, 11) is 0. The minimum atomic E-state index is 0.603. The van der Waals surface area contributed by atoms with E-state index in [2.05, 4.69) is 53.9 Å². The van der Waals surface area contributed by atoms with Gasteiger partial charge in [-0.1, -0.05) is 42.5 Å². The van der Waals surface area contributed by atoms with E-state index in [4.69, 9.17) is 4.74 Å². The molecule has 18 heavy (non-hydrogen) atoms. The highest BCUT2D eigenvalue weighted by Crippen LogP contribution is 2.40. The molecule has 3 aliphatic rings. The van der Waals surface area contributed by atoms with E-state index >= 15 is 0 Å². The Kier molecular flexibility index (Phi) is 1.97. The van der Waals surface area contributed by atoms with Crippen LogP contribution < -0.4 is 5.32 Å². The van der Waals surface area contributed by atoms with E-state index in [-0.39, 0.29) is 0 Å². The molecule has 0 saturated carbocycles.